The van der Waals surface area contributed by atoms with E-state index >= 15 is 0 Å². The van der Waals surface area contributed by atoms with Crippen molar-refractivity contribution in [1.29, 1.82) is 0 Å². The van der Waals surface area contributed by atoms with Crippen LogP contribution in [0.4, 0.5) is 0 Å². The van der Waals surface area contributed by atoms with Gasteiger partial charge in [-0.1, -0.05) is 13.8 Å². The summed E-state index contributed by atoms with van der Waals surface area (Å²) < 4.78 is 5.42. The van der Waals surface area contributed by atoms with Crippen molar-refractivity contribution in [2.75, 3.05) is 13.1 Å². The zero-order chi connectivity index (χ0) is 13.1. The van der Waals surface area contributed by atoms with E-state index in [-0.39, 0.29) is 11.9 Å². The Bertz CT molecular complexity index is 414. The number of rotatable bonds is 4. The Morgan fingerprint density at radius 1 is 1.67 bits per heavy atom. The number of likely N-dealkylation sites (tertiary alicyclic amines) is 1. The Labute approximate surface area is 108 Å². The lowest BCUT2D eigenvalue weighted by Gasteiger charge is -2.14. The van der Waals surface area contributed by atoms with Crippen molar-refractivity contribution < 1.29 is 9.21 Å². The van der Waals surface area contributed by atoms with Gasteiger partial charge in [-0.3, -0.25) is 9.69 Å². The van der Waals surface area contributed by atoms with Crippen LogP contribution >= 0.6 is 0 Å². The smallest absolute Gasteiger partial charge is 0.217 e. The van der Waals surface area contributed by atoms with E-state index in [0.29, 0.717) is 5.92 Å². The average Bonchev–Trinajstić information content (AvgIpc) is 2.88. The van der Waals surface area contributed by atoms with Crippen LogP contribution in [0.5, 0.6) is 0 Å². The predicted molar refractivity (Wildman–Crippen MR) is 68.1 cm³/mol. The van der Waals surface area contributed by atoms with Crippen LogP contribution in [0.2, 0.25) is 0 Å². The summed E-state index contributed by atoms with van der Waals surface area (Å²) in [5, 5.41) is 2.96. The van der Waals surface area contributed by atoms with Crippen molar-refractivity contribution in [3.05, 3.63) is 17.8 Å². The van der Waals surface area contributed by atoms with E-state index in [9.17, 15) is 4.79 Å². The first-order chi connectivity index (χ1) is 8.54. The maximum Gasteiger partial charge on any atom is 0.217 e. The van der Waals surface area contributed by atoms with Crippen LogP contribution in [0, 0.1) is 0 Å². The number of hydrogen-bond acceptors (Lipinski definition) is 4. The summed E-state index contributed by atoms with van der Waals surface area (Å²) in [6.07, 6.45) is 2.75. The van der Waals surface area contributed by atoms with Crippen molar-refractivity contribution in [1.82, 2.24) is 15.2 Å². The Balaban J connectivity index is 1.85. The van der Waals surface area contributed by atoms with Crippen molar-refractivity contribution in [3.63, 3.8) is 0 Å². The lowest BCUT2D eigenvalue weighted by molar-refractivity contribution is -0.119. The number of carbonyl (C=O) groups is 1. The topological polar surface area (TPSA) is 58.4 Å². The van der Waals surface area contributed by atoms with Crippen molar-refractivity contribution >= 4 is 5.91 Å². The third kappa shape index (κ3) is 3.32. The molecule has 5 nitrogen and oxygen atoms in total. The molecule has 1 aliphatic rings. The fourth-order valence-electron chi connectivity index (χ4n) is 2.27. The SMILES string of the molecule is CC(=O)NC1CCN(Cc2coc(C(C)C)n2)C1. The quantitative estimate of drug-likeness (QED) is 0.881. The van der Waals surface area contributed by atoms with E-state index in [4.69, 9.17) is 4.42 Å². The first-order valence-electron chi connectivity index (χ1n) is 6.48. The summed E-state index contributed by atoms with van der Waals surface area (Å²) >= 11 is 0. The maximum atomic E-state index is 11.0. The molecule has 1 aromatic heterocycles. The second-order valence-corrected chi connectivity index (χ2v) is 5.25. The molecule has 0 saturated carbocycles. The molecule has 1 saturated heterocycles. The second kappa shape index (κ2) is 5.52. The Morgan fingerprint density at radius 2 is 2.44 bits per heavy atom. The van der Waals surface area contributed by atoms with Gasteiger partial charge in [-0.2, -0.15) is 0 Å². The van der Waals surface area contributed by atoms with Gasteiger partial charge in [0.15, 0.2) is 5.89 Å². The molecule has 0 aliphatic carbocycles. The minimum atomic E-state index is 0.0466. The third-order valence-electron chi connectivity index (χ3n) is 3.13. The Hall–Kier alpha value is -1.36. The van der Waals surface area contributed by atoms with E-state index in [1.54, 1.807) is 13.2 Å². The fraction of sp³-hybridized carbons (Fsp3) is 0.692. The molecular formula is C13H21N3O2. The summed E-state index contributed by atoms with van der Waals surface area (Å²) in [5.41, 5.74) is 0.974. The number of nitrogens with zero attached hydrogens (tertiary/aromatic N) is 2. The monoisotopic (exact) mass is 251 g/mol. The highest BCUT2D eigenvalue weighted by Crippen LogP contribution is 2.17. The lowest BCUT2D eigenvalue weighted by Crippen LogP contribution is -2.35. The molecule has 5 heteroatoms. The van der Waals surface area contributed by atoms with Gasteiger partial charge in [0.05, 0.1) is 5.69 Å². The molecule has 0 spiro atoms. The predicted octanol–water partition coefficient (Wildman–Crippen LogP) is 1.51. The maximum absolute atomic E-state index is 11.0. The van der Waals surface area contributed by atoms with Gasteiger partial charge in [-0.05, 0) is 6.42 Å². The van der Waals surface area contributed by atoms with Crippen LogP contribution in [-0.4, -0.2) is 34.9 Å². The van der Waals surface area contributed by atoms with Gasteiger partial charge in [0.1, 0.15) is 6.26 Å². The molecule has 1 amide bonds. The van der Waals surface area contributed by atoms with Crippen LogP contribution in [-0.2, 0) is 11.3 Å². The molecule has 1 unspecified atom stereocenters. The summed E-state index contributed by atoms with van der Waals surface area (Å²) in [5.74, 6) is 1.16. The molecule has 0 aromatic carbocycles. The van der Waals surface area contributed by atoms with E-state index in [1.165, 1.54) is 0 Å². The molecule has 2 rings (SSSR count). The van der Waals surface area contributed by atoms with Crippen molar-refractivity contribution in [2.24, 2.45) is 0 Å². The molecule has 0 bridgehead atoms. The lowest BCUT2D eigenvalue weighted by atomic mass is 10.2. The van der Waals surface area contributed by atoms with Gasteiger partial charge < -0.3 is 9.73 Å². The number of amides is 1. The van der Waals surface area contributed by atoms with Gasteiger partial charge in [-0.15, -0.1) is 0 Å². The number of hydrogen-bond donors (Lipinski definition) is 1. The summed E-state index contributed by atoms with van der Waals surface area (Å²) in [6.45, 7) is 8.39. The molecule has 100 valence electrons. The van der Waals surface area contributed by atoms with Crippen LogP contribution in [0.15, 0.2) is 10.7 Å². The zero-order valence-corrected chi connectivity index (χ0v) is 11.3. The van der Waals surface area contributed by atoms with E-state index in [1.807, 2.05) is 0 Å². The normalized spacial score (nSPS) is 20.6. The zero-order valence-electron chi connectivity index (χ0n) is 11.3. The molecule has 1 atom stereocenters. The Kier molecular flexibility index (Phi) is 4.01. The van der Waals surface area contributed by atoms with Crippen molar-refractivity contribution in [2.45, 2.75) is 45.7 Å². The van der Waals surface area contributed by atoms with Crippen LogP contribution in [0.25, 0.3) is 0 Å². The van der Waals surface area contributed by atoms with Gasteiger partial charge in [0.25, 0.3) is 0 Å². The molecule has 2 heterocycles. The van der Waals surface area contributed by atoms with Gasteiger partial charge in [-0.25, -0.2) is 4.98 Å². The van der Waals surface area contributed by atoms with Crippen LogP contribution in [0.1, 0.15) is 44.7 Å². The van der Waals surface area contributed by atoms with Gasteiger partial charge in [0, 0.05) is 38.5 Å². The van der Waals surface area contributed by atoms with E-state index in [0.717, 1.165) is 37.6 Å². The number of oxazole rings is 1. The fourth-order valence-corrected chi connectivity index (χ4v) is 2.27. The highest BCUT2D eigenvalue weighted by Gasteiger charge is 2.23. The minimum absolute atomic E-state index is 0.0466. The number of aromatic nitrogens is 1. The highest BCUT2D eigenvalue weighted by molar-refractivity contribution is 5.73. The van der Waals surface area contributed by atoms with Gasteiger partial charge >= 0.3 is 0 Å². The molecular weight excluding hydrogens is 230 g/mol. The first kappa shape index (κ1) is 13.1. The third-order valence-corrected chi connectivity index (χ3v) is 3.13. The molecule has 1 fully saturated rings. The first-order valence-corrected chi connectivity index (χ1v) is 6.48. The molecule has 1 aliphatic heterocycles. The minimum Gasteiger partial charge on any atom is -0.448 e. The summed E-state index contributed by atoms with van der Waals surface area (Å²) in [7, 11) is 0. The van der Waals surface area contributed by atoms with E-state index in [2.05, 4.69) is 29.0 Å². The standard InChI is InChI=1S/C13H21N3O2/c1-9(2)13-15-12(8-18-13)7-16-5-4-11(6-16)14-10(3)17/h8-9,11H,4-7H2,1-3H3,(H,14,17). The summed E-state index contributed by atoms with van der Waals surface area (Å²) in [6, 6.07) is 0.277. The largest absolute Gasteiger partial charge is 0.448 e. The molecule has 1 N–H and O–H groups in total. The second-order valence-electron chi connectivity index (χ2n) is 5.25. The van der Waals surface area contributed by atoms with Crippen LogP contribution < -0.4 is 5.32 Å². The number of carbonyl (C=O) groups excluding carboxylic acids is 1. The number of nitrogens with one attached hydrogen (secondary N) is 1. The van der Waals surface area contributed by atoms with E-state index < -0.39 is 0 Å². The highest BCUT2D eigenvalue weighted by atomic mass is 16.3. The van der Waals surface area contributed by atoms with Gasteiger partial charge in [0.2, 0.25) is 5.91 Å². The molecule has 0 radical (unpaired) electrons. The summed E-state index contributed by atoms with van der Waals surface area (Å²) in [4.78, 5) is 17.7. The average molecular weight is 251 g/mol. The molecule has 1 aromatic rings. The molecule has 18 heavy (non-hydrogen) atoms. The van der Waals surface area contributed by atoms with Crippen LogP contribution in [0.3, 0.4) is 0 Å². The Morgan fingerprint density at radius 3 is 3.06 bits per heavy atom. The van der Waals surface area contributed by atoms with Crippen molar-refractivity contribution in [3.8, 4) is 0 Å².